The van der Waals surface area contributed by atoms with Crippen LogP contribution in [0.2, 0.25) is 0 Å². The maximum atomic E-state index is 8.84. The zero-order chi connectivity index (χ0) is 13.5. The molecule has 1 unspecified atom stereocenters. The summed E-state index contributed by atoms with van der Waals surface area (Å²) >= 11 is 0. The molecule has 4 heteroatoms. The van der Waals surface area contributed by atoms with Gasteiger partial charge in [-0.2, -0.15) is 5.26 Å². The molecule has 1 rings (SSSR count). The molecule has 18 heavy (non-hydrogen) atoms. The van der Waals surface area contributed by atoms with Crippen LogP contribution in [0.1, 0.15) is 26.0 Å². The van der Waals surface area contributed by atoms with E-state index in [9.17, 15) is 0 Å². The number of nitrogens with one attached hydrogen (secondary N) is 1. The highest BCUT2D eigenvalue weighted by Crippen LogP contribution is 2.14. The molecule has 0 spiro atoms. The molecular formula is C14H22N4. The highest BCUT2D eigenvalue weighted by Gasteiger charge is 2.12. The first-order valence-corrected chi connectivity index (χ1v) is 6.28. The predicted molar refractivity (Wildman–Crippen MR) is 74.4 cm³/mol. The average Bonchev–Trinajstić information content (AvgIpc) is 2.27. The molecule has 0 aliphatic rings. The van der Waals surface area contributed by atoms with Crippen LogP contribution in [0.3, 0.4) is 0 Å². The molecule has 0 aromatic carbocycles. The Morgan fingerprint density at radius 2 is 2.17 bits per heavy atom. The first-order chi connectivity index (χ1) is 8.51. The van der Waals surface area contributed by atoms with Gasteiger partial charge in [-0.3, -0.25) is 0 Å². The van der Waals surface area contributed by atoms with E-state index in [1.165, 1.54) is 0 Å². The van der Waals surface area contributed by atoms with Gasteiger partial charge in [0.05, 0.1) is 0 Å². The van der Waals surface area contributed by atoms with Crippen molar-refractivity contribution in [3.05, 3.63) is 24.0 Å². The van der Waals surface area contributed by atoms with Crippen LogP contribution in [0.15, 0.2) is 18.3 Å². The number of nitrogens with zero attached hydrogens (tertiary/aromatic N) is 3. The zero-order valence-electron chi connectivity index (χ0n) is 11.6. The first kappa shape index (κ1) is 14.5. The van der Waals surface area contributed by atoms with Crippen LogP contribution in [-0.2, 0) is 0 Å². The molecule has 0 amide bonds. The summed E-state index contributed by atoms with van der Waals surface area (Å²) in [6.45, 7) is 5.41. The van der Waals surface area contributed by atoms with Gasteiger partial charge < -0.3 is 10.2 Å². The number of nitriles is 1. The number of hydrogen-bond acceptors (Lipinski definition) is 4. The van der Waals surface area contributed by atoms with Crippen molar-refractivity contribution in [2.45, 2.75) is 26.3 Å². The fourth-order valence-electron chi connectivity index (χ4n) is 2.01. The zero-order valence-corrected chi connectivity index (χ0v) is 11.6. The van der Waals surface area contributed by atoms with Crippen molar-refractivity contribution < 1.29 is 0 Å². The fraction of sp³-hybridized carbons (Fsp3) is 0.571. The van der Waals surface area contributed by atoms with Gasteiger partial charge in [0.25, 0.3) is 0 Å². The van der Waals surface area contributed by atoms with Crippen molar-refractivity contribution in [1.82, 2.24) is 9.88 Å². The van der Waals surface area contributed by atoms with Crippen LogP contribution in [-0.4, -0.2) is 36.6 Å². The topological polar surface area (TPSA) is 52.0 Å². The Morgan fingerprint density at radius 3 is 2.72 bits per heavy atom. The largest absolute Gasteiger partial charge is 0.381 e. The van der Waals surface area contributed by atoms with Crippen molar-refractivity contribution in [2.75, 3.05) is 26.0 Å². The van der Waals surface area contributed by atoms with E-state index >= 15 is 0 Å². The average molecular weight is 246 g/mol. The summed E-state index contributed by atoms with van der Waals surface area (Å²) in [5.41, 5.74) is 1.42. The second-order valence-corrected chi connectivity index (χ2v) is 5.27. The van der Waals surface area contributed by atoms with E-state index in [1.54, 1.807) is 12.3 Å². The minimum atomic E-state index is 0.383. The number of rotatable bonds is 6. The maximum absolute atomic E-state index is 8.84. The lowest BCUT2D eigenvalue weighted by Gasteiger charge is -2.25. The Hall–Kier alpha value is -1.60. The first-order valence-electron chi connectivity index (χ1n) is 6.28. The van der Waals surface area contributed by atoms with Crippen molar-refractivity contribution in [3.63, 3.8) is 0 Å². The van der Waals surface area contributed by atoms with Crippen molar-refractivity contribution in [2.24, 2.45) is 5.92 Å². The summed E-state index contributed by atoms with van der Waals surface area (Å²) in [6.07, 6.45) is 2.77. The quantitative estimate of drug-likeness (QED) is 0.837. The fourth-order valence-corrected chi connectivity index (χ4v) is 2.01. The van der Waals surface area contributed by atoms with Crippen LogP contribution in [0, 0.1) is 17.2 Å². The Balaban J connectivity index is 2.72. The molecule has 0 radical (unpaired) electrons. The van der Waals surface area contributed by atoms with Gasteiger partial charge in [-0.1, -0.05) is 13.8 Å². The van der Waals surface area contributed by atoms with Gasteiger partial charge in [0.2, 0.25) is 0 Å². The van der Waals surface area contributed by atoms with E-state index in [-0.39, 0.29) is 0 Å². The molecule has 0 saturated carbocycles. The van der Waals surface area contributed by atoms with Crippen LogP contribution in [0.5, 0.6) is 0 Å². The van der Waals surface area contributed by atoms with E-state index in [0.29, 0.717) is 17.7 Å². The molecule has 98 valence electrons. The van der Waals surface area contributed by atoms with Crippen LogP contribution in [0.25, 0.3) is 0 Å². The van der Waals surface area contributed by atoms with Crippen LogP contribution >= 0.6 is 0 Å². The molecule has 0 aliphatic heterocycles. The molecular weight excluding hydrogens is 224 g/mol. The van der Waals surface area contributed by atoms with Gasteiger partial charge in [-0.05, 0) is 38.6 Å². The lowest BCUT2D eigenvalue weighted by atomic mass is 10.0. The molecule has 0 aliphatic carbocycles. The molecule has 4 nitrogen and oxygen atoms in total. The maximum Gasteiger partial charge on any atom is 0.142 e. The minimum absolute atomic E-state index is 0.383. The summed E-state index contributed by atoms with van der Waals surface area (Å²) in [5.74, 6) is 0.639. The molecule has 1 aromatic rings. The highest BCUT2D eigenvalue weighted by atomic mass is 15.1. The summed E-state index contributed by atoms with van der Waals surface area (Å²) in [4.78, 5) is 6.15. The molecule has 1 N–H and O–H groups in total. The SMILES string of the molecule is CC(C)CC(CN(C)C)Nc1ccnc(C#N)c1. The predicted octanol–water partition coefficient (Wildman–Crippen LogP) is 2.34. The van der Waals surface area contributed by atoms with Gasteiger partial charge in [-0.15, -0.1) is 0 Å². The lowest BCUT2D eigenvalue weighted by molar-refractivity contribution is 0.356. The van der Waals surface area contributed by atoms with Gasteiger partial charge >= 0.3 is 0 Å². The summed E-state index contributed by atoms with van der Waals surface area (Å²) < 4.78 is 0. The van der Waals surface area contributed by atoms with Crippen molar-refractivity contribution in [1.29, 1.82) is 5.26 Å². The second kappa shape index (κ2) is 6.97. The van der Waals surface area contributed by atoms with E-state index in [1.807, 2.05) is 6.07 Å². The highest BCUT2D eigenvalue weighted by molar-refractivity contribution is 5.46. The van der Waals surface area contributed by atoms with Crippen LogP contribution in [0.4, 0.5) is 5.69 Å². The van der Waals surface area contributed by atoms with E-state index in [4.69, 9.17) is 5.26 Å². The van der Waals surface area contributed by atoms with Crippen molar-refractivity contribution in [3.8, 4) is 6.07 Å². The number of likely N-dealkylation sites (N-methyl/N-ethyl adjacent to an activating group) is 1. The Morgan fingerprint density at radius 1 is 1.44 bits per heavy atom. The van der Waals surface area contributed by atoms with Crippen molar-refractivity contribution >= 4 is 5.69 Å². The molecule has 1 heterocycles. The van der Waals surface area contributed by atoms with Gasteiger partial charge in [0.1, 0.15) is 11.8 Å². The standard InChI is InChI=1S/C14H22N4/c1-11(2)7-14(10-18(3)4)17-12-5-6-16-13(8-12)9-15/h5-6,8,11,14H,7,10H2,1-4H3,(H,16,17). The minimum Gasteiger partial charge on any atom is -0.381 e. The molecule has 0 saturated heterocycles. The molecule has 0 bridgehead atoms. The third-order valence-corrected chi connectivity index (χ3v) is 2.59. The van der Waals surface area contributed by atoms with Crippen LogP contribution < -0.4 is 5.32 Å². The summed E-state index contributed by atoms with van der Waals surface area (Å²) in [5, 5.41) is 12.3. The lowest BCUT2D eigenvalue weighted by Crippen LogP contribution is -2.33. The normalized spacial score (nSPS) is 12.5. The smallest absolute Gasteiger partial charge is 0.142 e. The monoisotopic (exact) mass is 246 g/mol. The van der Waals surface area contributed by atoms with Gasteiger partial charge in [-0.25, -0.2) is 4.98 Å². The Labute approximate surface area is 110 Å². The molecule has 1 aromatic heterocycles. The summed E-state index contributed by atoms with van der Waals surface area (Å²) in [6, 6.07) is 6.15. The van der Waals surface area contributed by atoms with Gasteiger partial charge in [0.15, 0.2) is 0 Å². The number of aromatic nitrogens is 1. The van der Waals surface area contributed by atoms with E-state index in [0.717, 1.165) is 18.7 Å². The number of hydrogen-bond donors (Lipinski definition) is 1. The number of anilines is 1. The Kier molecular flexibility index (Phi) is 5.60. The number of pyridine rings is 1. The van der Waals surface area contributed by atoms with E-state index < -0.39 is 0 Å². The molecule has 1 atom stereocenters. The van der Waals surface area contributed by atoms with E-state index in [2.05, 4.69) is 49.2 Å². The summed E-state index contributed by atoms with van der Waals surface area (Å²) in [7, 11) is 4.14. The van der Waals surface area contributed by atoms with Gasteiger partial charge in [0, 0.05) is 24.5 Å². The molecule has 0 fully saturated rings. The third-order valence-electron chi connectivity index (χ3n) is 2.59. The Bertz CT molecular complexity index is 397. The second-order valence-electron chi connectivity index (χ2n) is 5.27. The third kappa shape index (κ3) is 5.15.